The van der Waals surface area contributed by atoms with Crippen molar-refractivity contribution in [1.82, 2.24) is 0 Å². The Morgan fingerprint density at radius 1 is 1.43 bits per heavy atom. The third kappa shape index (κ3) is 0.365. The molecular formula is C6H7N. The fourth-order valence-corrected chi connectivity index (χ4v) is 1.10. The maximum absolute atomic E-state index is 5.57. The highest BCUT2D eigenvalue weighted by atomic mass is 14.7. The van der Waals surface area contributed by atoms with Gasteiger partial charge in [-0.05, 0) is 12.8 Å². The highest BCUT2D eigenvalue weighted by Gasteiger charge is 2.27. The van der Waals surface area contributed by atoms with E-state index in [2.05, 4.69) is 5.73 Å². The average Bonchev–Trinajstić information content (AvgIpc) is 2.15. The van der Waals surface area contributed by atoms with E-state index in [1.807, 2.05) is 0 Å². The van der Waals surface area contributed by atoms with Crippen LogP contribution in [-0.2, 0) is 0 Å². The summed E-state index contributed by atoms with van der Waals surface area (Å²) >= 11 is 0. The maximum Gasteiger partial charge on any atom is 0.0133 e. The molecule has 0 spiro atoms. The molecule has 7 heavy (non-hydrogen) atoms. The number of fused-ring (bicyclic) bond motifs is 1. The van der Waals surface area contributed by atoms with Gasteiger partial charge in [0.05, 0.1) is 0 Å². The molecule has 0 aromatic carbocycles. The Morgan fingerprint density at radius 3 is 2.29 bits per heavy atom. The van der Waals surface area contributed by atoms with E-state index < -0.39 is 0 Å². The first-order valence-electron chi connectivity index (χ1n) is 2.61. The maximum atomic E-state index is 5.57. The first kappa shape index (κ1) is 3.48. The van der Waals surface area contributed by atoms with E-state index >= 15 is 0 Å². The van der Waals surface area contributed by atoms with Gasteiger partial charge in [0.1, 0.15) is 0 Å². The van der Waals surface area contributed by atoms with E-state index in [4.69, 9.17) is 5.73 Å². The Bertz CT molecular complexity index is 157. The molecule has 2 N–H and O–H groups in total. The second-order valence-corrected chi connectivity index (χ2v) is 2.25. The number of rotatable bonds is 0. The molecule has 0 atom stereocenters. The standard InChI is InChI=1S/C6H7N/c7-6-2-4-1-5(4)3-6/h6H,2-3,7H2. The van der Waals surface area contributed by atoms with Crippen LogP contribution in [0.15, 0.2) is 16.9 Å². The smallest absolute Gasteiger partial charge is 0.0133 e. The lowest BCUT2D eigenvalue weighted by Gasteiger charge is -1.93. The predicted molar refractivity (Wildman–Crippen MR) is 27.7 cm³/mol. The SMILES string of the molecule is NC1CC2=C=C2C1. The topological polar surface area (TPSA) is 26.0 Å². The summed E-state index contributed by atoms with van der Waals surface area (Å²) in [7, 11) is 0. The summed E-state index contributed by atoms with van der Waals surface area (Å²) < 4.78 is 0. The monoisotopic (exact) mass is 93.1 g/mol. The molecule has 0 aromatic heterocycles. The highest BCUT2D eigenvalue weighted by Crippen LogP contribution is 2.36. The third-order valence-electron chi connectivity index (χ3n) is 1.54. The lowest BCUT2D eigenvalue weighted by atomic mass is 10.2. The van der Waals surface area contributed by atoms with Crippen molar-refractivity contribution in [3.63, 3.8) is 0 Å². The van der Waals surface area contributed by atoms with E-state index in [9.17, 15) is 0 Å². The molecule has 0 amide bonds. The molecule has 0 unspecified atom stereocenters. The molecule has 2 rings (SSSR count). The minimum absolute atomic E-state index is 0.436. The molecule has 0 radical (unpaired) electrons. The Balaban J connectivity index is 2.18. The van der Waals surface area contributed by atoms with Crippen molar-refractivity contribution in [2.45, 2.75) is 18.9 Å². The van der Waals surface area contributed by atoms with Crippen LogP contribution in [0.2, 0.25) is 0 Å². The van der Waals surface area contributed by atoms with Crippen LogP contribution in [0.25, 0.3) is 0 Å². The molecule has 1 nitrogen and oxygen atoms in total. The summed E-state index contributed by atoms with van der Waals surface area (Å²) in [5.41, 5.74) is 11.5. The van der Waals surface area contributed by atoms with Gasteiger partial charge in [0.15, 0.2) is 0 Å². The summed E-state index contributed by atoms with van der Waals surface area (Å²) in [6.45, 7) is 0. The number of hydrogen-bond donors (Lipinski definition) is 1. The summed E-state index contributed by atoms with van der Waals surface area (Å²) in [5.74, 6) is 0. The molecule has 2 aliphatic rings. The van der Waals surface area contributed by atoms with Crippen LogP contribution in [0.4, 0.5) is 0 Å². The Hall–Kier alpha value is -0.520. The van der Waals surface area contributed by atoms with Crippen LogP contribution >= 0.6 is 0 Å². The average molecular weight is 93.1 g/mol. The molecule has 1 heteroatoms. The summed E-state index contributed by atoms with van der Waals surface area (Å²) in [5, 5.41) is 0. The molecule has 0 saturated heterocycles. The van der Waals surface area contributed by atoms with Crippen molar-refractivity contribution >= 4 is 0 Å². The second-order valence-electron chi connectivity index (χ2n) is 2.25. The largest absolute Gasteiger partial charge is 0.327 e. The fraction of sp³-hybridized carbons (Fsp3) is 0.500. The van der Waals surface area contributed by atoms with Gasteiger partial charge < -0.3 is 5.73 Å². The highest BCUT2D eigenvalue weighted by molar-refractivity contribution is 5.49. The number of hydrogen-bond acceptors (Lipinski definition) is 1. The van der Waals surface area contributed by atoms with Crippen LogP contribution < -0.4 is 5.73 Å². The van der Waals surface area contributed by atoms with Gasteiger partial charge in [-0.15, -0.1) is 5.73 Å². The predicted octanol–water partition coefficient (Wildman–Crippen LogP) is 0.573. The van der Waals surface area contributed by atoms with Crippen molar-refractivity contribution in [2.24, 2.45) is 5.73 Å². The van der Waals surface area contributed by atoms with E-state index in [0.717, 1.165) is 12.8 Å². The third-order valence-corrected chi connectivity index (χ3v) is 1.54. The van der Waals surface area contributed by atoms with Gasteiger partial charge in [-0.2, -0.15) is 0 Å². The molecule has 1 fully saturated rings. The van der Waals surface area contributed by atoms with Crippen molar-refractivity contribution < 1.29 is 0 Å². The first-order chi connectivity index (χ1) is 3.36. The van der Waals surface area contributed by atoms with Gasteiger partial charge in [0, 0.05) is 17.2 Å². The summed E-state index contributed by atoms with van der Waals surface area (Å²) in [4.78, 5) is 0. The molecule has 2 aliphatic carbocycles. The minimum Gasteiger partial charge on any atom is -0.327 e. The van der Waals surface area contributed by atoms with Crippen molar-refractivity contribution in [1.29, 1.82) is 0 Å². The normalized spacial score (nSPS) is 26.4. The zero-order chi connectivity index (χ0) is 4.85. The van der Waals surface area contributed by atoms with Crippen LogP contribution in [0, 0.1) is 0 Å². The van der Waals surface area contributed by atoms with Crippen molar-refractivity contribution in [3.8, 4) is 0 Å². The van der Waals surface area contributed by atoms with E-state index in [1.165, 1.54) is 11.1 Å². The molecule has 0 aromatic rings. The van der Waals surface area contributed by atoms with Gasteiger partial charge in [0.25, 0.3) is 0 Å². The zero-order valence-corrected chi connectivity index (χ0v) is 4.07. The first-order valence-corrected chi connectivity index (χ1v) is 2.61. The van der Waals surface area contributed by atoms with Gasteiger partial charge in [-0.3, -0.25) is 0 Å². The Morgan fingerprint density at radius 2 is 2.00 bits per heavy atom. The zero-order valence-electron chi connectivity index (χ0n) is 4.07. The van der Waals surface area contributed by atoms with Gasteiger partial charge in [-0.25, -0.2) is 0 Å². The summed E-state index contributed by atoms with van der Waals surface area (Å²) in [6, 6.07) is 0.436. The second kappa shape index (κ2) is 0.835. The van der Waals surface area contributed by atoms with Gasteiger partial charge >= 0.3 is 0 Å². The molecule has 36 valence electrons. The minimum atomic E-state index is 0.436. The lowest BCUT2D eigenvalue weighted by molar-refractivity contribution is 0.730. The Labute approximate surface area is 42.5 Å². The van der Waals surface area contributed by atoms with Crippen LogP contribution in [0.5, 0.6) is 0 Å². The van der Waals surface area contributed by atoms with Gasteiger partial charge in [-0.1, -0.05) is 0 Å². The lowest BCUT2D eigenvalue weighted by Crippen LogP contribution is -2.14. The molecular weight excluding hydrogens is 86.1 g/mol. The van der Waals surface area contributed by atoms with Crippen LogP contribution in [-0.4, -0.2) is 6.04 Å². The summed E-state index contributed by atoms with van der Waals surface area (Å²) in [6.07, 6.45) is 2.19. The molecule has 0 bridgehead atoms. The van der Waals surface area contributed by atoms with Crippen LogP contribution in [0.1, 0.15) is 12.8 Å². The molecule has 1 saturated carbocycles. The van der Waals surface area contributed by atoms with E-state index in [1.54, 1.807) is 0 Å². The number of nitrogens with two attached hydrogens (primary N) is 1. The Kier molecular flexibility index (Phi) is 0.415. The molecule has 0 heterocycles. The fourth-order valence-electron chi connectivity index (χ4n) is 1.10. The van der Waals surface area contributed by atoms with E-state index in [0.29, 0.717) is 6.04 Å². The molecule has 0 aliphatic heterocycles. The van der Waals surface area contributed by atoms with Crippen molar-refractivity contribution in [3.05, 3.63) is 16.9 Å². The van der Waals surface area contributed by atoms with Crippen molar-refractivity contribution in [2.75, 3.05) is 0 Å². The van der Waals surface area contributed by atoms with Gasteiger partial charge in [0.2, 0.25) is 0 Å². The quantitative estimate of drug-likeness (QED) is 0.435. The van der Waals surface area contributed by atoms with Crippen LogP contribution in [0.3, 0.4) is 0 Å². The van der Waals surface area contributed by atoms with E-state index in [-0.39, 0.29) is 0 Å².